The molecule has 0 fully saturated rings. The molecule has 2 unspecified atom stereocenters. The summed E-state index contributed by atoms with van der Waals surface area (Å²) in [6.45, 7) is 5.53. The van der Waals surface area contributed by atoms with Crippen LogP contribution in [0.1, 0.15) is 29.7 Å². The van der Waals surface area contributed by atoms with Gasteiger partial charge in [0.1, 0.15) is 6.10 Å². The normalized spacial score (nSPS) is 15.1. The fraction of sp³-hybridized carbons (Fsp3) is 0.545. The maximum absolute atomic E-state index is 11.1. The summed E-state index contributed by atoms with van der Waals surface area (Å²) in [6, 6.07) is 1.79. The van der Waals surface area contributed by atoms with Crippen molar-refractivity contribution in [2.45, 2.75) is 26.9 Å². The van der Waals surface area contributed by atoms with E-state index >= 15 is 0 Å². The topological polar surface area (TPSA) is 57.5 Å². The van der Waals surface area contributed by atoms with Gasteiger partial charge in [-0.05, 0) is 34.8 Å². The average molecular weight is 307 g/mol. The number of carbonyl (C=O) groups is 1. The lowest BCUT2D eigenvalue weighted by Crippen LogP contribution is -2.26. The molecule has 1 rings (SSSR count). The second-order valence-electron chi connectivity index (χ2n) is 4.11. The van der Waals surface area contributed by atoms with Crippen LogP contribution in [0.2, 0.25) is 0 Å². The molecule has 0 radical (unpaired) electrons. The number of aliphatic hydroxyl groups excluding tert-OH is 1. The van der Waals surface area contributed by atoms with E-state index in [2.05, 4.69) is 15.9 Å². The van der Waals surface area contributed by atoms with Crippen LogP contribution in [0.5, 0.6) is 0 Å². The molecule has 0 bridgehead atoms. The number of carboxylic acid groups (broad SMARTS) is 1. The van der Waals surface area contributed by atoms with E-state index in [0.29, 0.717) is 4.88 Å². The van der Waals surface area contributed by atoms with Gasteiger partial charge in [-0.15, -0.1) is 11.3 Å². The Bertz CT molecular complexity index is 367. The first-order valence-electron chi connectivity index (χ1n) is 5.01. The molecule has 2 N–H and O–H groups in total. The van der Waals surface area contributed by atoms with Crippen molar-refractivity contribution >= 4 is 33.2 Å². The van der Waals surface area contributed by atoms with Crippen molar-refractivity contribution in [2.75, 3.05) is 0 Å². The Balaban J connectivity index is 2.99. The van der Waals surface area contributed by atoms with Crippen LogP contribution in [0.25, 0.3) is 0 Å². The number of hydrogen-bond acceptors (Lipinski definition) is 3. The highest BCUT2D eigenvalue weighted by Gasteiger charge is 2.31. The van der Waals surface area contributed by atoms with Gasteiger partial charge in [0.25, 0.3) is 0 Å². The summed E-state index contributed by atoms with van der Waals surface area (Å²) in [7, 11) is 0. The Morgan fingerprint density at radius 2 is 2.06 bits per heavy atom. The van der Waals surface area contributed by atoms with Crippen molar-refractivity contribution in [2.24, 2.45) is 11.8 Å². The van der Waals surface area contributed by atoms with E-state index in [4.69, 9.17) is 5.11 Å². The predicted octanol–water partition coefficient (Wildman–Crippen LogP) is 3.21. The number of rotatable bonds is 4. The van der Waals surface area contributed by atoms with Gasteiger partial charge in [-0.1, -0.05) is 13.8 Å². The van der Waals surface area contributed by atoms with Crippen molar-refractivity contribution in [1.82, 2.24) is 0 Å². The lowest BCUT2D eigenvalue weighted by Gasteiger charge is -2.21. The lowest BCUT2D eigenvalue weighted by atomic mass is 9.89. The maximum Gasteiger partial charge on any atom is 0.309 e. The Kier molecular flexibility index (Phi) is 4.52. The van der Waals surface area contributed by atoms with Gasteiger partial charge < -0.3 is 10.2 Å². The van der Waals surface area contributed by atoms with Crippen LogP contribution in [0, 0.1) is 18.8 Å². The first-order valence-corrected chi connectivity index (χ1v) is 6.62. The summed E-state index contributed by atoms with van der Waals surface area (Å²) >= 11 is 4.78. The summed E-state index contributed by atoms with van der Waals surface area (Å²) in [4.78, 5) is 12.8. The number of hydrogen-bond donors (Lipinski definition) is 2. The molecule has 5 heteroatoms. The minimum atomic E-state index is -0.954. The molecule has 0 aliphatic carbocycles. The third-order valence-corrected chi connectivity index (χ3v) is 4.72. The van der Waals surface area contributed by atoms with Crippen molar-refractivity contribution in [3.8, 4) is 0 Å². The molecule has 0 aliphatic rings. The first kappa shape index (κ1) is 13.7. The molecule has 90 valence electrons. The van der Waals surface area contributed by atoms with Crippen LogP contribution < -0.4 is 0 Å². The second kappa shape index (κ2) is 5.29. The molecule has 1 aromatic heterocycles. The third kappa shape index (κ3) is 2.84. The van der Waals surface area contributed by atoms with Crippen LogP contribution in [0.4, 0.5) is 0 Å². The van der Waals surface area contributed by atoms with Crippen LogP contribution in [-0.2, 0) is 4.79 Å². The van der Waals surface area contributed by atoms with Gasteiger partial charge in [0.2, 0.25) is 0 Å². The maximum atomic E-state index is 11.1. The molecule has 1 heterocycles. The fourth-order valence-corrected chi connectivity index (χ4v) is 3.18. The SMILES string of the molecule is Cc1sc(C(O)C(C(=O)O)C(C)C)cc1Br. The molecule has 0 aliphatic heterocycles. The molecule has 3 nitrogen and oxygen atoms in total. The second-order valence-corrected chi connectivity index (χ2v) is 6.25. The number of aliphatic carboxylic acids is 1. The van der Waals surface area contributed by atoms with E-state index < -0.39 is 18.0 Å². The third-order valence-electron chi connectivity index (χ3n) is 2.51. The van der Waals surface area contributed by atoms with Crippen LogP contribution in [0.3, 0.4) is 0 Å². The number of carboxylic acids is 1. The monoisotopic (exact) mass is 306 g/mol. The number of aryl methyl sites for hydroxylation is 1. The predicted molar refractivity (Wildman–Crippen MR) is 67.7 cm³/mol. The minimum absolute atomic E-state index is 0.103. The molecule has 0 amide bonds. The van der Waals surface area contributed by atoms with Gasteiger partial charge in [-0.3, -0.25) is 4.79 Å². The minimum Gasteiger partial charge on any atom is -0.481 e. The average Bonchev–Trinajstić information content (AvgIpc) is 2.45. The van der Waals surface area contributed by atoms with Gasteiger partial charge in [0.05, 0.1) is 5.92 Å². The van der Waals surface area contributed by atoms with E-state index in [1.54, 1.807) is 19.9 Å². The Morgan fingerprint density at radius 1 is 1.50 bits per heavy atom. The Hall–Kier alpha value is -0.390. The van der Waals surface area contributed by atoms with Crippen molar-refractivity contribution in [3.63, 3.8) is 0 Å². The van der Waals surface area contributed by atoms with Gasteiger partial charge in [0.15, 0.2) is 0 Å². The molecule has 2 atom stereocenters. The zero-order valence-electron chi connectivity index (χ0n) is 9.40. The highest BCUT2D eigenvalue weighted by molar-refractivity contribution is 9.10. The summed E-state index contributed by atoms with van der Waals surface area (Å²) < 4.78 is 0.916. The van der Waals surface area contributed by atoms with Gasteiger partial charge >= 0.3 is 5.97 Å². The smallest absolute Gasteiger partial charge is 0.309 e. The largest absolute Gasteiger partial charge is 0.481 e. The van der Waals surface area contributed by atoms with Crippen molar-refractivity contribution in [1.29, 1.82) is 0 Å². The quantitative estimate of drug-likeness (QED) is 0.898. The molecule has 0 spiro atoms. The summed E-state index contributed by atoms with van der Waals surface area (Å²) in [5.74, 6) is -1.82. The fourth-order valence-electron chi connectivity index (χ4n) is 1.59. The van der Waals surface area contributed by atoms with E-state index in [1.165, 1.54) is 11.3 Å². The van der Waals surface area contributed by atoms with Gasteiger partial charge in [-0.25, -0.2) is 0 Å². The summed E-state index contributed by atoms with van der Waals surface area (Å²) in [5, 5.41) is 19.2. The summed E-state index contributed by atoms with van der Waals surface area (Å²) in [5.41, 5.74) is 0. The highest BCUT2D eigenvalue weighted by atomic mass is 79.9. The van der Waals surface area contributed by atoms with E-state index in [9.17, 15) is 9.90 Å². The molecule has 16 heavy (non-hydrogen) atoms. The Labute approximate surface area is 107 Å². The first-order chi connectivity index (χ1) is 7.34. The molecule has 0 saturated carbocycles. The van der Waals surface area contributed by atoms with Crippen molar-refractivity contribution in [3.05, 3.63) is 20.3 Å². The van der Waals surface area contributed by atoms with Gasteiger partial charge in [0, 0.05) is 14.2 Å². The van der Waals surface area contributed by atoms with E-state index in [-0.39, 0.29) is 5.92 Å². The van der Waals surface area contributed by atoms with Crippen LogP contribution in [-0.4, -0.2) is 16.2 Å². The van der Waals surface area contributed by atoms with E-state index in [0.717, 1.165) is 9.35 Å². The highest BCUT2D eigenvalue weighted by Crippen LogP contribution is 2.36. The summed E-state index contributed by atoms with van der Waals surface area (Å²) in [6.07, 6.45) is -0.937. The lowest BCUT2D eigenvalue weighted by molar-refractivity contribution is -0.148. The van der Waals surface area contributed by atoms with E-state index in [1.807, 2.05) is 6.92 Å². The van der Waals surface area contributed by atoms with Gasteiger partial charge in [-0.2, -0.15) is 0 Å². The van der Waals surface area contributed by atoms with Crippen molar-refractivity contribution < 1.29 is 15.0 Å². The standard InChI is InChI=1S/C11H15BrO3S/c1-5(2)9(11(14)15)10(13)8-4-7(12)6(3)16-8/h4-5,9-10,13H,1-3H3,(H,14,15). The molecule has 0 saturated heterocycles. The van der Waals surface area contributed by atoms with Crippen LogP contribution in [0.15, 0.2) is 10.5 Å². The Morgan fingerprint density at radius 3 is 2.38 bits per heavy atom. The molecule has 0 aromatic carbocycles. The molecule has 1 aromatic rings. The zero-order chi connectivity index (χ0) is 12.5. The van der Waals surface area contributed by atoms with Crippen LogP contribution >= 0.6 is 27.3 Å². The molecular formula is C11H15BrO3S. The zero-order valence-corrected chi connectivity index (χ0v) is 11.8. The number of aliphatic hydroxyl groups is 1. The number of halogens is 1. The number of thiophene rings is 1. The molecular weight excluding hydrogens is 292 g/mol.